The van der Waals surface area contributed by atoms with E-state index in [0.717, 1.165) is 54.2 Å². The average Bonchev–Trinajstić information content (AvgIpc) is 3.67. The Labute approximate surface area is 224 Å². The van der Waals surface area contributed by atoms with Crippen molar-refractivity contribution >= 4 is 18.0 Å². The fourth-order valence-electron chi connectivity index (χ4n) is 5.76. The lowest BCUT2D eigenvalue weighted by molar-refractivity contribution is 0.0696. The number of aliphatic hydroxyl groups is 1. The van der Waals surface area contributed by atoms with Gasteiger partial charge in [0.2, 0.25) is 0 Å². The van der Waals surface area contributed by atoms with Crippen LogP contribution in [0.2, 0.25) is 0 Å². The number of fused-ring (bicyclic) bond motifs is 1. The summed E-state index contributed by atoms with van der Waals surface area (Å²) < 4.78 is 11.3. The lowest BCUT2D eigenvalue weighted by Crippen LogP contribution is -2.24. The highest BCUT2D eigenvalue weighted by Crippen LogP contribution is 2.54. The van der Waals surface area contributed by atoms with E-state index in [0.29, 0.717) is 40.7 Å². The minimum atomic E-state index is -1.08. The first-order chi connectivity index (χ1) is 19.0. The van der Waals surface area contributed by atoms with Gasteiger partial charge < -0.3 is 24.2 Å². The van der Waals surface area contributed by atoms with Gasteiger partial charge in [-0.2, -0.15) is 4.98 Å². The van der Waals surface area contributed by atoms with E-state index in [-0.39, 0.29) is 18.1 Å². The molecule has 4 heterocycles. The predicted octanol–water partition coefficient (Wildman–Crippen LogP) is 4.56. The van der Waals surface area contributed by atoms with Crippen LogP contribution in [0.4, 0.5) is 5.95 Å². The molecule has 1 saturated heterocycles. The molecule has 0 bridgehead atoms. The van der Waals surface area contributed by atoms with Crippen molar-refractivity contribution in [3.05, 3.63) is 70.7 Å². The molecule has 2 N–H and O–H groups in total. The number of carboxylic acid groups (broad SMARTS) is 1. The molecule has 10 nitrogen and oxygen atoms in total. The molecule has 0 amide bonds. The SMILES string of the molecule is Cc1ncccc1-c1noc(C2CC2)c1/C=C/C1C2CN(c3noc(-c4cc(CO)cc(C(=O)O)c4)n3)CC12. The van der Waals surface area contributed by atoms with E-state index in [9.17, 15) is 15.0 Å². The Bertz CT molecular complexity index is 1590. The first-order valence-corrected chi connectivity index (χ1v) is 13.2. The Kier molecular flexibility index (Phi) is 5.59. The van der Waals surface area contributed by atoms with Crippen molar-refractivity contribution in [1.82, 2.24) is 20.3 Å². The van der Waals surface area contributed by atoms with Crippen LogP contribution in [0.25, 0.3) is 28.8 Å². The second-order valence-corrected chi connectivity index (χ2v) is 10.7. The van der Waals surface area contributed by atoms with Gasteiger partial charge in [-0.15, -0.1) is 0 Å². The van der Waals surface area contributed by atoms with E-state index in [2.05, 4.69) is 37.3 Å². The van der Waals surface area contributed by atoms with Gasteiger partial charge in [0, 0.05) is 47.6 Å². The predicted molar refractivity (Wildman–Crippen MR) is 141 cm³/mol. The van der Waals surface area contributed by atoms with E-state index in [1.807, 2.05) is 19.1 Å². The molecule has 3 fully saturated rings. The second kappa shape index (κ2) is 9.16. The molecule has 4 aromatic rings. The summed E-state index contributed by atoms with van der Waals surface area (Å²) in [6.07, 6.45) is 8.56. The van der Waals surface area contributed by atoms with Gasteiger partial charge in [-0.25, -0.2) is 4.79 Å². The van der Waals surface area contributed by atoms with Crippen LogP contribution in [0.5, 0.6) is 0 Å². The quantitative estimate of drug-likeness (QED) is 0.337. The fraction of sp³-hybridized carbons (Fsp3) is 0.345. The number of allylic oxidation sites excluding steroid dienone is 1. The molecule has 198 valence electrons. The molecule has 2 aliphatic carbocycles. The number of aryl methyl sites for hydroxylation is 1. The standard InChI is InChI=1S/C29H27N5O5/c1-15-20(3-2-8-30-15)25-22(26(38-32-25)17-4-5-17)7-6-21-23-12-34(13-24(21)23)29-31-27(39-33-29)18-9-16(14-35)10-19(11-18)28(36)37/h2-3,6-11,17,21,23-24,35H,4-5,12-14H2,1H3,(H,36,37)/b7-6+. The highest BCUT2D eigenvalue weighted by molar-refractivity contribution is 5.89. The van der Waals surface area contributed by atoms with Gasteiger partial charge in [-0.3, -0.25) is 4.98 Å². The van der Waals surface area contributed by atoms with Crippen molar-refractivity contribution < 1.29 is 24.1 Å². The zero-order valence-electron chi connectivity index (χ0n) is 21.3. The summed E-state index contributed by atoms with van der Waals surface area (Å²) in [5.74, 6) is 2.56. The summed E-state index contributed by atoms with van der Waals surface area (Å²) in [6, 6.07) is 8.54. The molecular formula is C29H27N5O5. The van der Waals surface area contributed by atoms with Crippen LogP contribution in [0.1, 0.15) is 51.7 Å². The highest BCUT2D eigenvalue weighted by atomic mass is 16.5. The lowest BCUT2D eigenvalue weighted by Gasteiger charge is -2.15. The van der Waals surface area contributed by atoms with Crippen LogP contribution in [0.3, 0.4) is 0 Å². The number of aliphatic hydroxyl groups excluding tert-OH is 1. The van der Waals surface area contributed by atoms with Gasteiger partial charge in [0.15, 0.2) is 0 Å². The van der Waals surface area contributed by atoms with Crippen LogP contribution >= 0.6 is 0 Å². The number of hydrogen-bond acceptors (Lipinski definition) is 9. The van der Waals surface area contributed by atoms with Gasteiger partial charge in [-0.05, 0) is 78.6 Å². The number of aromatic carboxylic acids is 1. The first kappa shape index (κ1) is 23.8. The number of aromatic nitrogens is 4. The summed E-state index contributed by atoms with van der Waals surface area (Å²) in [5, 5.41) is 27.5. The fourth-order valence-corrected chi connectivity index (χ4v) is 5.76. The Balaban J connectivity index is 1.06. The van der Waals surface area contributed by atoms with Crippen molar-refractivity contribution in [2.24, 2.45) is 17.8 Å². The summed E-state index contributed by atoms with van der Waals surface area (Å²) in [4.78, 5) is 22.5. The van der Waals surface area contributed by atoms with E-state index in [1.54, 1.807) is 12.3 Å². The Morgan fingerprint density at radius 3 is 2.69 bits per heavy atom. The van der Waals surface area contributed by atoms with Crippen molar-refractivity contribution in [1.29, 1.82) is 0 Å². The van der Waals surface area contributed by atoms with Gasteiger partial charge in [0.25, 0.3) is 11.8 Å². The Hall–Kier alpha value is -4.31. The van der Waals surface area contributed by atoms with Crippen molar-refractivity contribution in [3.8, 4) is 22.7 Å². The summed E-state index contributed by atoms with van der Waals surface area (Å²) in [7, 11) is 0. The van der Waals surface area contributed by atoms with Gasteiger partial charge in [0.1, 0.15) is 11.5 Å². The van der Waals surface area contributed by atoms with E-state index < -0.39 is 5.97 Å². The highest BCUT2D eigenvalue weighted by Gasteiger charge is 2.55. The van der Waals surface area contributed by atoms with Crippen molar-refractivity contribution in [3.63, 3.8) is 0 Å². The van der Waals surface area contributed by atoms with Gasteiger partial charge in [-0.1, -0.05) is 17.3 Å². The van der Waals surface area contributed by atoms with Crippen molar-refractivity contribution in [2.45, 2.75) is 32.3 Å². The third-order valence-electron chi connectivity index (χ3n) is 8.08. The number of benzene rings is 1. The zero-order valence-corrected chi connectivity index (χ0v) is 21.3. The largest absolute Gasteiger partial charge is 0.478 e. The van der Waals surface area contributed by atoms with Gasteiger partial charge in [0.05, 0.1) is 12.2 Å². The first-order valence-electron chi connectivity index (χ1n) is 13.2. The minimum Gasteiger partial charge on any atom is -0.478 e. The maximum Gasteiger partial charge on any atom is 0.335 e. The molecule has 1 aliphatic heterocycles. The number of carboxylic acids is 1. The Morgan fingerprint density at radius 2 is 1.97 bits per heavy atom. The molecule has 39 heavy (non-hydrogen) atoms. The van der Waals surface area contributed by atoms with Crippen LogP contribution in [-0.2, 0) is 6.61 Å². The van der Waals surface area contributed by atoms with Crippen LogP contribution < -0.4 is 4.90 Å². The maximum absolute atomic E-state index is 11.5. The molecule has 2 saturated carbocycles. The molecule has 2 atom stereocenters. The molecule has 3 aliphatic rings. The summed E-state index contributed by atoms with van der Waals surface area (Å²) in [6.45, 7) is 3.36. The zero-order chi connectivity index (χ0) is 26.7. The monoisotopic (exact) mass is 525 g/mol. The topological polar surface area (TPSA) is 139 Å². The van der Waals surface area contributed by atoms with E-state index >= 15 is 0 Å². The molecule has 7 rings (SSSR count). The molecule has 10 heteroatoms. The number of piperidine rings is 1. The van der Waals surface area contributed by atoms with Crippen LogP contribution in [0.15, 0.2) is 51.7 Å². The normalized spacial score (nSPS) is 22.0. The lowest BCUT2D eigenvalue weighted by atomic mass is 10.0. The second-order valence-electron chi connectivity index (χ2n) is 10.7. The minimum absolute atomic E-state index is 0.0628. The number of pyridine rings is 1. The summed E-state index contributed by atoms with van der Waals surface area (Å²) >= 11 is 0. The smallest absolute Gasteiger partial charge is 0.335 e. The molecule has 1 aromatic carbocycles. The number of carbonyl (C=O) groups is 1. The number of nitrogens with zero attached hydrogens (tertiary/aromatic N) is 5. The molecule has 0 spiro atoms. The Morgan fingerprint density at radius 1 is 1.15 bits per heavy atom. The number of anilines is 1. The third kappa shape index (κ3) is 4.30. The number of rotatable bonds is 8. The number of hydrogen-bond donors (Lipinski definition) is 2. The molecule has 0 radical (unpaired) electrons. The third-order valence-corrected chi connectivity index (χ3v) is 8.08. The summed E-state index contributed by atoms with van der Waals surface area (Å²) in [5.41, 5.74) is 4.88. The average molecular weight is 526 g/mol. The molecular weight excluding hydrogens is 498 g/mol. The van der Waals surface area contributed by atoms with E-state index in [1.165, 1.54) is 12.1 Å². The maximum atomic E-state index is 11.5. The molecule has 3 aromatic heterocycles. The van der Waals surface area contributed by atoms with Crippen molar-refractivity contribution in [2.75, 3.05) is 18.0 Å². The molecule has 2 unspecified atom stereocenters. The van der Waals surface area contributed by atoms with Gasteiger partial charge >= 0.3 is 5.97 Å². The van der Waals surface area contributed by atoms with Crippen LogP contribution in [-0.4, -0.2) is 49.6 Å². The van der Waals surface area contributed by atoms with Crippen LogP contribution in [0, 0.1) is 24.7 Å². The van der Waals surface area contributed by atoms with E-state index in [4.69, 9.17) is 9.05 Å².